The molecule has 0 bridgehead atoms. The van der Waals surface area contributed by atoms with E-state index in [9.17, 15) is 8.42 Å². The zero-order chi connectivity index (χ0) is 27.5. The van der Waals surface area contributed by atoms with Crippen molar-refractivity contribution in [3.8, 4) is 22.6 Å². The van der Waals surface area contributed by atoms with Gasteiger partial charge in [-0.25, -0.2) is 13.4 Å². The van der Waals surface area contributed by atoms with E-state index in [1.807, 2.05) is 51.1 Å². The quantitative estimate of drug-likeness (QED) is 0.365. The molecular formula is C29H37N3O5S. The highest BCUT2D eigenvalue weighted by Gasteiger charge is 2.30. The van der Waals surface area contributed by atoms with Gasteiger partial charge in [-0.1, -0.05) is 42.5 Å². The van der Waals surface area contributed by atoms with Gasteiger partial charge in [0.05, 0.1) is 37.8 Å². The zero-order valence-electron chi connectivity index (χ0n) is 22.9. The van der Waals surface area contributed by atoms with E-state index in [4.69, 9.17) is 14.3 Å². The number of methoxy groups -OCH3 is 2. The summed E-state index contributed by atoms with van der Waals surface area (Å²) in [6, 6.07) is 19.7. The lowest BCUT2D eigenvalue weighted by Crippen LogP contribution is -2.48. The third-order valence-corrected chi connectivity index (χ3v) is 6.98. The molecule has 0 saturated carbocycles. The second-order valence-corrected chi connectivity index (χ2v) is 12.2. The largest absolute Gasteiger partial charge is 0.493 e. The van der Waals surface area contributed by atoms with Crippen molar-refractivity contribution in [3.05, 3.63) is 77.4 Å². The molecule has 0 spiro atoms. The number of sulfonamides is 1. The molecule has 0 aliphatic carbocycles. The molecule has 0 radical (unpaired) electrons. The standard InChI is InChI=1S/C29H37N3O5S/c1-29(2,3)37-31-32-16-15-22-18-27(35-4)28(36-5)19-24(22)26(32)17-20-11-13-21(14-12-20)23-9-7-8-10-25(23)30-38(6,33)34/h7-14,18-19,26,30-31H,15-17H2,1-6H3. The highest BCUT2D eigenvalue weighted by Crippen LogP contribution is 2.39. The van der Waals surface area contributed by atoms with Crippen LogP contribution < -0.4 is 19.8 Å². The van der Waals surface area contributed by atoms with Gasteiger partial charge < -0.3 is 9.47 Å². The Balaban J connectivity index is 1.65. The lowest BCUT2D eigenvalue weighted by atomic mass is 9.89. The van der Waals surface area contributed by atoms with Gasteiger partial charge in [0, 0.05) is 12.1 Å². The van der Waals surface area contributed by atoms with Crippen molar-refractivity contribution >= 4 is 15.7 Å². The van der Waals surface area contributed by atoms with Crippen molar-refractivity contribution in [1.82, 2.24) is 10.6 Å². The van der Waals surface area contributed by atoms with E-state index >= 15 is 0 Å². The molecule has 0 amide bonds. The summed E-state index contributed by atoms with van der Waals surface area (Å²) in [5, 5.41) is 2.14. The normalized spacial score (nSPS) is 16.1. The topological polar surface area (TPSA) is 89.1 Å². The number of hydrazine groups is 1. The Bertz CT molecular complexity index is 1370. The minimum atomic E-state index is -3.39. The van der Waals surface area contributed by atoms with E-state index < -0.39 is 10.0 Å². The van der Waals surface area contributed by atoms with Crippen molar-refractivity contribution in [2.24, 2.45) is 0 Å². The number of benzene rings is 3. The van der Waals surface area contributed by atoms with Crippen LogP contribution in [0.2, 0.25) is 0 Å². The molecule has 0 aromatic heterocycles. The molecule has 1 unspecified atom stereocenters. The van der Waals surface area contributed by atoms with Crippen LogP contribution in [0.25, 0.3) is 11.1 Å². The molecule has 204 valence electrons. The van der Waals surface area contributed by atoms with E-state index in [1.54, 1.807) is 20.3 Å². The summed E-state index contributed by atoms with van der Waals surface area (Å²) < 4.78 is 37.5. The summed E-state index contributed by atoms with van der Waals surface area (Å²) in [6.07, 6.45) is 2.73. The van der Waals surface area contributed by atoms with Gasteiger partial charge in [-0.3, -0.25) is 9.56 Å². The molecule has 1 atom stereocenters. The molecule has 38 heavy (non-hydrogen) atoms. The Morgan fingerprint density at radius 2 is 1.63 bits per heavy atom. The zero-order valence-corrected chi connectivity index (χ0v) is 23.7. The van der Waals surface area contributed by atoms with Crippen LogP contribution in [0.1, 0.15) is 43.5 Å². The average molecular weight is 540 g/mol. The summed E-state index contributed by atoms with van der Waals surface area (Å²) in [4.78, 5) is 5.95. The molecule has 3 aromatic carbocycles. The first kappa shape index (κ1) is 27.9. The van der Waals surface area contributed by atoms with Gasteiger partial charge in [0.25, 0.3) is 0 Å². The van der Waals surface area contributed by atoms with Crippen LogP contribution in [0, 0.1) is 0 Å². The van der Waals surface area contributed by atoms with Crippen LogP contribution in [0.5, 0.6) is 11.5 Å². The summed E-state index contributed by atoms with van der Waals surface area (Å²) >= 11 is 0. The average Bonchev–Trinajstić information content (AvgIpc) is 2.86. The van der Waals surface area contributed by atoms with Gasteiger partial charge in [-0.2, -0.15) is 0 Å². The monoisotopic (exact) mass is 539 g/mol. The molecule has 9 heteroatoms. The van der Waals surface area contributed by atoms with Crippen LogP contribution in [-0.2, 0) is 27.7 Å². The van der Waals surface area contributed by atoms with Crippen molar-refractivity contribution in [3.63, 3.8) is 0 Å². The maximum atomic E-state index is 11.8. The Morgan fingerprint density at radius 3 is 2.26 bits per heavy atom. The van der Waals surface area contributed by atoms with Crippen LogP contribution in [0.15, 0.2) is 60.7 Å². The smallest absolute Gasteiger partial charge is 0.229 e. The Kier molecular flexibility index (Phi) is 8.32. The van der Waals surface area contributed by atoms with Crippen molar-refractivity contribution < 1.29 is 22.7 Å². The van der Waals surface area contributed by atoms with Crippen molar-refractivity contribution in [2.45, 2.75) is 45.3 Å². The first-order valence-electron chi connectivity index (χ1n) is 12.6. The van der Waals surface area contributed by atoms with Gasteiger partial charge in [-0.15, -0.1) is 5.59 Å². The fraction of sp³-hybridized carbons (Fsp3) is 0.379. The van der Waals surface area contributed by atoms with Crippen LogP contribution in [0.3, 0.4) is 0 Å². The van der Waals surface area contributed by atoms with Crippen molar-refractivity contribution in [2.75, 3.05) is 31.7 Å². The highest BCUT2D eigenvalue weighted by atomic mass is 32.2. The minimum absolute atomic E-state index is 0.00839. The maximum Gasteiger partial charge on any atom is 0.229 e. The van der Waals surface area contributed by atoms with E-state index in [0.717, 1.165) is 53.6 Å². The Morgan fingerprint density at radius 1 is 0.974 bits per heavy atom. The number of nitrogens with one attached hydrogen (secondary N) is 2. The fourth-order valence-corrected chi connectivity index (χ4v) is 5.20. The van der Waals surface area contributed by atoms with E-state index in [-0.39, 0.29) is 11.6 Å². The second kappa shape index (κ2) is 11.3. The molecular weight excluding hydrogens is 502 g/mol. The number of ether oxygens (including phenoxy) is 2. The van der Waals surface area contributed by atoms with Crippen LogP contribution >= 0.6 is 0 Å². The number of para-hydroxylation sites is 1. The fourth-order valence-electron chi connectivity index (χ4n) is 4.62. The van der Waals surface area contributed by atoms with Gasteiger partial charge in [0.1, 0.15) is 0 Å². The van der Waals surface area contributed by atoms with Gasteiger partial charge in [0.15, 0.2) is 11.5 Å². The SMILES string of the molecule is COc1cc2c(cc1OC)C(Cc1ccc(-c3ccccc3NS(C)(=O)=O)cc1)N(NOC(C)(C)C)CC2. The summed E-state index contributed by atoms with van der Waals surface area (Å²) in [5.41, 5.74) is 8.68. The molecule has 1 heterocycles. The summed E-state index contributed by atoms with van der Waals surface area (Å²) in [5.74, 6) is 1.42. The van der Waals surface area contributed by atoms with Gasteiger partial charge in [-0.05, 0) is 74.1 Å². The predicted molar refractivity (Wildman–Crippen MR) is 151 cm³/mol. The second-order valence-electron chi connectivity index (χ2n) is 10.5. The van der Waals surface area contributed by atoms with E-state index in [1.165, 1.54) is 5.56 Å². The minimum Gasteiger partial charge on any atom is -0.493 e. The predicted octanol–water partition coefficient (Wildman–Crippen LogP) is 5.12. The molecule has 1 aliphatic rings. The third-order valence-electron chi connectivity index (χ3n) is 6.39. The van der Waals surface area contributed by atoms with Gasteiger partial charge in [0.2, 0.25) is 10.0 Å². The Labute approximate surface area is 225 Å². The number of hydrogen-bond acceptors (Lipinski definition) is 7. The summed E-state index contributed by atoms with van der Waals surface area (Å²) in [6.45, 7) is 6.80. The van der Waals surface area contributed by atoms with Crippen molar-refractivity contribution in [1.29, 1.82) is 0 Å². The number of fused-ring (bicyclic) bond motifs is 1. The van der Waals surface area contributed by atoms with E-state index in [2.05, 4.69) is 39.6 Å². The Hall–Kier alpha value is -3.11. The van der Waals surface area contributed by atoms with Crippen LogP contribution in [0.4, 0.5) is 5.69 Å². The maximum absolute atomic E-state index is 11.8. The lowest BCUT2D eigenvalue weighted by molar-refractivity contribution is -0.170. The molecule has 2 N–H and O–H groups in total. The number of nitrogens with zero attached hydrogens (tertiary/aromatic N) is 1. The van der Waals surface area contributed by atoms with E-state index in [0.29, 0.717) is 11.4 Å². The van der Waals surface area contributed by atoms with Crippen LogP contribution in [-0.4, -0.2) is 46.0 Å². The summed E-state index contributed by atoms with van der Waals surface area (Å²) in [7, 11) is -0.0877. The first-order chi connectivity index (χ1) is 18.0. The molecule has 8 nitrogen and oxygen atoms in total. The molecule has 0 saturated heterocycles. The lowest BCUT2D eigenvalue weighted by Gasteiger charge is -2.39. The highest BCUT2D eigenvalue weighted by molar-refractivity contribution is 7.92. The number of hydrogen-bond donors (Lipinski definition) is 2. The third kappa shape index (κ3) is 6.85. The molecule has 1 aliphatic heterocycles. The molecule has 4 rings (SSSR count). The van der Waals surface area contributed by atoms with Gasteiger partial charge >= 0.3 is 0 Å². The molecule has 0 fully saturated rings. The number of rotatable bonds is 9. The number of anilines is 1. The first-order valence-corrected chi connectivity index (χ1v) is 14.5. The molecule has 3 aromatic rings.